The zero-order valence-electron chi connectivity index (χ0n) is 19.0. The first-order valence-corrected chi connectivity index (χ1v) is 11.2. The van der Waals surface area contributed by atoms with Crippen molar-refractivity contribution in [3.05, 3.63) is 72.1 Å². The molecule has 12 heteroatoms. The van der Waals surface area contributed by atoms with Crippen molar-refractivity contribution in [1.29, 1.82) is 0 Å². The maximum absolute atomic E-state index is 13.8. The third-order valence-corrected chi connectivity index (χ3v) is 6.00. The molecule has 1 fully saturated rings. The van der Waals surface area contributed by atoms with Crippen LogP contribution in [0.3, 0.4) is 0 Å². The Morgan fingerprint density at radius 1 is 0.838 bits per heavy atom. The SMILES string of the molecule is O=C(CN(c1cc(C(F)(F)F)nc2ccccc12)c1cc(C(F)(F)F)nc2ccccc12)NC1CNC1. The van der Waals surface area contributed by atoms with Crippen LogP contribution < -0.4 is 15.5 Å². The molecule has 1 aliphatic heterocycles. The fourth-order valence-electron chi connectivity index (χ4n) is 4.16. The number of halogens is 6. The number of rotatable bonds is 5. The summed E-state index contributed by atoms with van der Waals surface area (Å²) < 4.78 is 82.8. The summed E-state index contributed by atoms with van der Waals surface area (Å²) in [5, 5.41) is 6.22. The lowest BCUT2D eigenvalue weighted by Gasteiger charge is -2.31. The van der Waals surface area contributed by atoms with Gasteiger partial charge in [-0.1, -0.05) is 36.4 Å². The van der Waals surface area contributed by atoms with E-state index in [4.69, 9.17) is 0 Å². The van der Waals surface area contributed by atoms with Crippen LogP contribution in [0.1, 0.15) is 11.4 Å². The lowest BCUT2D eigenvalue weighted by molar-refractivity contribution is -0.141. The third-order valence-electron chi connectivity index (χ3n) is 6.00. The third kappa shape index (κ3) is 5.01. The number of fused-ring (bicyclic) bond motifs is 2. The fourth-order valence-corrected chi connectivity index (χ4v) is 4.16. The van der Waals surface area contributed by atoms with Gasteiger partial charge in [-0.2, -0.15) is 26.3 Å². The molecule has 37 heavy (non-hydrogen) atoms. The number of nitrogens with zero attached hydrogens (tertiary/aromatic N) is 3. The van der Waals surface area contributed by atoms with Gasteiger partial charge in [-0.25, -0.2) is 9.97 Å². The number of benzene rings is 2. The van der Waals surface area contributed by atoms with Gasteiger partial charge in [-0.3, -0.25) is 4.79 Å². The smallest absolute Gasteiger partial charge is 0.349 e. The van der Waals surface area contributed by atoms with E-state index in [1.54, 1.807) is 12.1 Å². The van der Waals surface area contributed by atoms with E-state index in [9.17, 15) is 31.1 Å². The van der Waals surface area contributed by atoms with Crippen LogP contribution in [0.25, 0.3) is 21.8 Å². The van der Waals surface area contributed by atoms with Crippen LogP contribution in [0.4, 0.5) is 37.7 Å². The first-order valence-electron chi connectivity index (χ1n) is 11.2. The molecule has 3 heterocycles. The van der Waals surface area contributed by atoms with Crippen molar-refractivity contribution in [2.45, 2.75) is 18.4 Å². The second kappa shape index (κ2) is 9.18. The van der Waals surface area contributed by atoms with Gasteiger partial charge in [0.05, 0.1) is 28.5 Å². The number of aromatic nitrogens is 2. The number of nitrogens with one attached hydrogen (secondary N) is 2. The zero-order chi connectivity index (χ0) is 26.4. The van der Waals surface area contributed by atoms with Crippen molar-refractivity contribution >= 4 is 39.1 Å². The lowest BCUT2D eigenvalue weighted by atomic mass is 10.1. The summed E-state index contributed by atoms with van der Waals surface area (Å²) in [5.74, 6) is -0.560. The molecule has 1 aliphatic rings. The monoisotopic (exact) mass is 519 g/mol. The summed E-state index contributed by atoms with van der Waals surface area (Å²) >= 11 is 0. The van der Waals surface area contributed by atoms with Crippen LogP contribution in [-0.4, -0.2) is 41.6 Å². The number of hydrogen-bond donors (Lipinski definition) is 2. The Balaban J connectivity index is 1.77. The zero-order valence-corrected chi connectivity index (χ0v) is 19.0. The Morgan fingerprint density at radius 2 is 1.30 bits per heavy atom. The van der Waals surface area contributed by atoms with Gasteiger partial charge in [-0.15, -0.1) is 0 Å². The molecule has 2 aromatic carbocycles. The first kappa shape index (κ1) is 24.8. The second-order valence-electron chi connectivity index (χ2n) is 8.59. The number of pyridine rings is 2. The average molecular weight is 519 g/mol. The fraction of sp³-hybridized carbons (Fsp3) is 0.240. The molecule has 0 saturated carbocycles. The van der Waals surface area contributed by atoms with E-state index >= 15 is 0 Å². The summed E-state index contributed by atoms with van der Waals surface area (Å²) in [6.07, 6.45) is -9.66. The maximum Gasteiger partial charge on any atom is 0.433 e. The summed E-state index contributed by atoms with van der Waals surface area (Å²) in [7, 11) is 0. The maximum atomic E-state index is 13.8. The molecule has 0 radical (unpaired) electrons. The van der Waals surface area contributed by atoms with E-state index in [0.29, 0.717) is 13.1 Å². The molecule has 0 spiro atoms. The molecule has 192 valence electrons. The highest BCUT2D eigenvalue weighted by molar-refractivity contribution is 6.02. The van der Waals surface area contributed by atoms with Crippen LogP contribution in [0, 0.1) is 0 Å². The standard InChI is InChI=1S/C25H19F6N5O/c26-24(27,28)21-9-19(15-5-1-3-7-17(15)34-21)36(13-23(37)33-14-11-32-12-14)20-10-22(25(29,30)31)35-18-8-4-2-6-16(18)20/h1-10,14,32H,11-13H2,(H,33,37). The summed E-state index contributed by atoms with van der Waals surface area (Å²) in [4.78, 5) is 21.5. The van der Waals surface area contributed by atoms with Crippen molar-refractivity contribution in [1.82, 2.24) is 20.6 Å². The van der Waals surface area contributed by atoms with Crippen LogP contribution in [0.5, 0.6) is 0 Å². The Kier molecular flexibility index (Phi) is 6.14. The van der Waals surface area contributed by atoms with Crippen LogP contribution in [0.2, 0.25) is 0 Å². The minimum Gasteiger partial charge on any atom is -0.349 e. The van der Waals surface area contributed by atoms with Crippen LogP contribution in [-0.2, 0) is 17.1 Å². The van der Waals surface area contributed by atoms with Crippen molar-refractivity contribution < 1.29 is 31.1 Å². The number of carbonyl (C=O) groups excluding carboxylic acids is 1. The van der Waals surface area contributed by atoms with Crippen LogP contribution in [0.15, 0.2) is 60.7 Å². The highest BCUT2D eigenvalue weighted by Crippen LogP contribution is 2.41. The highest BCUT2D eigenvalue weighted by atomic mass is 19.4. The summed E-state index contributed by atoms with van der Waals surface area (Å²) in [6, 6.07) is 13.2. The van der Waals surface area contributed by atoms with Gasteiger partial charge in [0, 0.05) is 23.9 Å². The number of anilines is 2. The minimum absolute atomic E-state index is 0.0182. The van der Waals surface area contributed by atoms with Crippen molar-refractivity contribution in [2.24, 2.45) is 0 Å². The molecule has 0 bridgehead atoms. The largest absolute Gasteiger partial charge is 0.433 e. The predicted molar refractivity (Wildman–Crippen MR) is 125 cm³/mol. The van der Waals surface area contributed by atoms with E-state index in [2.05, 4.69) is 20.6 Å². The highest BCUT2D eigenvalue weighted by Gasteiger charge is 2.36. The van der Waals surface area contributed by atoms with Gasteiger partial charge in [0.15, 0.2) is 0 Å². The number of amides is 1. The molecular weight excluding hydrogens is 500 g/mol. The van der Waals surface area contributed by atoms with Crippen molar-refractivity contribution in [2.75, 3.05) is 24.5 Å². The molecule has 4 aromatic rings. The minimum atomic E-state index is -4.83. The predicted octanol–water partition coefficient (Wildman–Crippen LogP) is 5.05. The van der Waals surface area contributed by atoms with Crippen LogP contribution >= 0.6 is 0 Å². The quantitative estimate of drug-likeness (QED) is 0.362. The Morgan fingerprint density at radius 3 is 1.70 bits per heavy atom. The Labute approximate surface area is 206 Å². The molecule has 0 aliphatic carbocycles. The number of para-hydroxylation sites is 2. The number of hydrogen-bond acceptors (Lipinski definition) is 5. The Bertz CT molecular complexity index is 1390. The first-order chi connectivity index (χ1) is 17.5. The molecule has 1 saturated heterocycles. The van der Waals surface area contributed by atoms with Gasteiger partial charge in [0.25, 0.3) is 0 Å². The number of carbonyl (C=O) groups is 1. The molecule has 5 rings (SSSR count). The summed E-state index contributed by atoms with van der Waals surface area (Å²) in [5.41, 5.74) is -2.72. The molecular formula is C25H19F6N5O. The van der Waals surface area contributed by atoms with E-state index < -0.39 is 36.2 Å². The van der Waals surface area contributed by atoms with E-state index in [0.717, 1.165) is 12.1 Å². The molecule has 1 amide bonds. The topological polar surface area (TPSA) is 70.2 Å². The lowest BCUT2D eigenvalue weighted by Crippen LogP contribution is -2.58. The Hall–Kier alpha value is -3.93. The average Bonchev–Trinajstić information content (AvgIpc) is 2.82. The molecule has 0 unspecified atom stereocenters. The second-order valence-corrected chi connectivity index (χ2v) is 8.59. The number of alkyl halides is 6. The van der Waals surface area contributed by atoms with Gasteiger partial charge in [0.2, 0.25) is 5.91 Å². The van der Waals surface area contributed by atoms with Gasteiger partial charge in [-0.05, 0) is 24.3 Å². The normalized spacial score (nSPS) is 14.5. The van der Waals surface area contributed by atoms with E-state index in [-0.39, 0.29) is 39.2 Å². The molecule has 2 aromatic heterocycles. The van der Waals surface area contributed by atoms with E-state index in [1.165, 1.54) is 41.3 Å². The van der Waals surface area contributed by atoms with Crippen molar-refractivity contribution in [3.63, 3.8) is 0 Å². The van der Waals surface area contributed by atoms with Gasteiger partial charge >= 0.3 is 12.4 Å². The summed E-state index contributed by atoms with van der Waals surface area (Å²) in [6.45, 7) is 0.490. The molecule has 2 N–H and O–H groups in total. The van der Waals surface area contributed by atoms with Gasteiger partial charge in [0.1, 0.15) is 17.9 Å². The van der Waals surface area contributed by atoms with E-state index in [1.807, 2.05) is 0 Å². The van der Waals surface area contributed by atoms with Gasteiger partial charge < -0.3 is 15.5 Å². The molecule has 6 nitrogen and oxygen atoms in total. The van der Waals surface area contributed by atoms with Crippen molar-refractivity contribution in [3.8, 4) is 0 Å². The molecule has 0 atom stereocenters.